The summed E-state index contributed by atoms with van der Waals surface area (Å²) in [5.74, 6) is -1.25. The van der Waals surface area contributed by atoms with Crippen LogP contribution in [0.25, 0.3) is 0 Å². The Hall–Kier alpha value is -3.68. The Morgan fingerprint density at radius 2 is 0.923 bits per heavy atom. The summed E-state index contributed by atoms with van der Waals surface area (Å²) >= 11 is 0. The van der Waals surface area contributed by atoms with Gasteiger partial charge in [-0.15, -0.1) is 0 Å². The Morgan fingerprint density at radius 1 is 0.513 bits per heavy atom. The Morgan fingerprint density at radius 3 is 1.41 bits per heavy atom. The molecular formula is C67H113NO10. The van der Waals surface area contributed by atoms with Crippen LogP contribution in [0.1, 0.15) is 239 Å². The van der Waals surface area contributed by atoms with Gasteiger partial charge in [-0.1, -0.05) is 233 Å². The largest absolute Gasteiger partial charge is 0.454 e. The number of ether oxygens (including phenoxy) is 3. The topological polar surface area (TPSA) is 175 Å². The number of rotatable bonds is 51. The van der Waals surface area contributed by atoms with Crippen molar-refractivity contribution >= 4 is 11.9 Å². The van der Waals surface area contributed by atoms with Crippen LogP contribution in [0.5, 0.6) is 0 Å². The van der Waals surface area contributed by atoms with Crippen molar-refractivity contribution in [3.8, 4) is 0 Å². The highest BCUT2D eigenvalue weighted by Gasteiger charge is 2.47. The van der Waals surface area contributed by atoms with Crippen LogP contribution in [-0.4, -0.2) is 99.6 Å². The van der Waals surface area contributed by atoms with Crippen molar-refractivity contribution < 1.29 is 49.3 Å². The summed E-state index contributed by atoms with van der Waals surface area (Å²) in [6.45, 7) is 5.61. The number of carbonyl (C=O) groups excluding carboxylic acids is 2. The van der Waals surface area contributed by atoms with Gasteiger partial charge in [-0.05, 0) is 109 Å². The van der Waals surface area contributed by atoms with Gasteiger partial charge in [-0.2, -0.15) is 0 Å². The van der Waals surface area contributed by atoms with Gasteiger partial charge in [0, 0.05) is 6.42 Å². The number of amides is 1. The lowest BCUT2D eigenvalue weighted by Crippen LogP contribution is -2.61. The van der Waals surface area contributed by atoms with Crippen LogP contribution in [0.2, 0.25) is 0 Å². The Kier molecular flexibility index (Phi) is 50.0. The fourth-order valence-corrected chi connectivity index (χ4v) is 8.98. The van der Waals surface area contributed by atoms with Gasteiger partial charge in [0.2, 0.25) is 5.91 Å². The molecule has 1 amide bonds. The van der Waals surface area contributed by atoms with Crippen LogP contribution in [-0.2, 0) is 23.8 Å². The zero-order chi connectivity index (χ0) is 56.8. The molecule has 78 heavy (non-hydrogen) atoms. The molecule has 0 bridgehead atoms. The van der Waals surface area contributed by atoms with Gasteiger partial charge >= 0.3 is 5.97 Å². The molecule has 1 fully saturated rings. The summed E-state index contributed by atoms with van der Waals surface area (Å²) < 4.78 is 17.6. The number of aliphatic hydroxyl groups excluding tert-OH is 5. The first-order valence-electron chi connectivity index (χ1n) is 31.2. The average Bonchev–Trinajstić information content (AvgIpc) is 3.45. The minimum Gasteiger partial charge on any atom is -0.454 e. The molecule has 0 radical (unpaired) electrons. The lowest BCUT2D eigenvalue weighted by molar-refractivity contribution is -0.305. The van der Waals surface area contributed by atoms with Crippen molar-refractivity contribution in [2.75, 3.05) is 13.2 Å². The molecule has 1 aliphatic heterocycles. The number of aliphatic hydroxyl groups is 5. The van der Waals surface area contributed by atoms with Gasteiger partial charge in [-0.3, -0.25) is 9.59 Å². The van der Waals surface area contributed by atoms with Crippen molar-refractivity contribution in [2.24, 2.45) is 0 Å². The number of hydrogen-bond acceptors (Lipinski definition) is 10. The minimum absolute atomic E-state index is 0.0769. The summed E-state index contributed by atoms with van der Waals surface area (Å²) in [6, 6.07) is -1.05. The van der Waals surface area contributed by atoms with Crippen molar-refractivity contribution in [1.29, 1.82) is 0 Å². The number of hydrogen-bond donors (Lipinski definition) is 6. The van der Waals surface area contributed by atoms with E-state index in [1.54, 1.807) is 6.08 Å². The van der Waals surface area contributed by atoms with Crippen LogP contribution >= 0.6 is 0 Å². The molecule has 0 spiro atoms. The predicted molar refractivity (Wildman–Crippen MR) is 324 cm³/mol. The molecule has 0 aromatic rings. The molecule has 11 heteroatoms. The maximum absolute atomic E-state index is 13.4. The fraction of sp³-hybridized carbons (Fsp3) is 0.701. The predicted octanol–water partition coefficient (Wildman–Crippen LogP) is 14.9. The van der Waals surface area contributed by atoms with Crippen LogP contribution in [0.4, 0.5) is 0 Å². The minimum atomic E-state index is -1.64. The monoisotopic (exact) mass is 1090 g/mol. The highest BCUT2D eigenvalue weighted by Crippen LogP contribution is 2.26. The summed E-state index contributed by atoms with van der Waals surface area (Å²) in [6.07, 6.45) is 62.6. The van der Waals surface area contributed by atoms with E-state index in [1.807, 2.05) is 6.08 Å². The van der Waals surface area contributed by atoms with E-state index >= 15 is 0 Å². The summed E-state index contributed by atoms with van der Waals surface area (Å²) in [4.78, 5) is 26.5. The van der Waals surface area contributed by atoms with Crippen LogP contribution in [0.3, 0.4) is 0 Å². The van der Waals surface area contributed by atoms with Crippen LogP contribution in [0, 0.1) is 0 Å². The maximum Gasteiger partial charge on any atom is 0.306 e. The highest BCUT2D eigenvalue weighted by atomic mass is 16.7. The van der Waals surface area contributed by atoms with Crippen LogP contribution < -0.4 is 5.32 Å². The maximum atomic E-state index is 13.4. The van der Waals surface area contributed by atoms with E-state index in [4.69, 9.17) is 14.2 Å². The molecule has 11 nitrogen and oxygen atoms in total. The van der Waals surface area contributed by atoms with Crippen molar-refractivity contribution in [3.63, 3.8) is 0 Å². The molecule has 1 saturated heterocycles. The molecule has 6 N–H and O–H groups in total. The first-order chi connectivity index (χ1) is 38.2. The Labute approximate surface area is 475 Å². The third-order valence-electron chi connectivity index (χ3n) is 13.9. The zero-order valence-corrected chi connectivity index (χ0v) is 49.2. The van der Waals surface area contributed by atoms with Crippen LogP contribution in [0.15, 0.2) is 109 Å². The van der Waals surface area contributed by atoms with E-state index in [0.717, 1.165) is 122 Å². The highest BCUT2D eigenvalue weighted by molar-refractivity contribution is 5.80. The van der Waals surface area contributed by atoms with Gasteiger partial charge in [0.15, 0.2) is 12.4 Å². The van der Waals surface area contributed by atoms with Gasteiger partial charge < -0.3 is 45.1 Å². The lowest BCUT2D eigenvalue weighted by atomic mass is 9.99. The number of esters is 1. The SMILES string of the molecule is CC/C=C\C/C=C\C/C=C\C/C=C\C/C=C\CCCCCC(=O)OC1C(OCC(NC(=O)C(O)CCCCCCC/C=C\C/C=C\C/C=C\CCCCC)C(O)/C=C/CCCCCCCCCCCC)OC(CO)C(O)C1O. The molecule has 1 rings (SSSR count). The molecule has 8 unspecified atom stereocenters. The molecule has 446 valence electrons. The number of carbonyl (C=O) groups is 2. The number of unbranched alkanes of at least 4 members (excludes halogenated alkanes) is 21. The normalized spacial score (nSPS) is 19.7. The third-order valence-corrected chi connectivity index (χ3v) is 13.9. The van der Waals surface area contributed by atoms with Crippen molar-refractivity contribution in [3.05, 3.63) is 109 Å². The number of allylic oxidation sites excluding steroid dienone is 17. The fourth-order valence-electron chi connectivity index (χ4n) is 8.98. The second kappa shape index (κ2) is 53.9. The smallest absolute Gasteiger partial charge is 0.306 e. The van der Waals surface area contributed by atoms with E-state index in [0.29, 0.717) is 12.8 Å². The molecular weight excluding hydrogens is 979 g/mol. The molecule has 1 aliphatic rings. The third kappa shape index (κ3) is 41.3. The molecule has 0 aliphatic carbocycles. The number of nitrogens with one attached hydrogen (secondary N) is 1. The van der Waals surface area contributed by atoms with Crippen molar-refractivity contribution in [1.82, 2.24) is 5.32 Å². The molecule has 1 heterocycles. The first kappa shape index (κ1) is 72.3. The average molecular weight is 1090 g/mol. The van der Waals surface area contributed by atoms with Gasteiger partial charge in [0.25, 0.3) is 0 Å². The summed E-state index contributed by atoms with van der Waals surface area (Å²) in [5.41, 5.74) is 0. The lowest BCUT2D eigenvalue weighted by Gasteiger charge is -2.41. The first-order valence-corrected chi connectivity index (χ1v) is 31.2. The van der Waals surface area contributed by atoms with Gasteiger partial charge in [0.1, 0.15) is 24.4 Å². The Balaban J connectivity index is 2.72. The van der Waals surface area contributed by atoms with E-state index < -0.39 is 67.4 Å². The molecule has 0 saturated carbocycles. The molecule has 0 aromatic carbocycles. The summed E-state index contributed by atoms with van der Waals surface area (Å²) in [7, 11) is 0. The molecule has 8 atom stereocenters. The van der Waals surface area contributed by atoms with E-state index in [9.17, 15) is 35.1 Å². The zero-order valence-electron chi connectivity index (χ0n) is 49.2. The second-order valence-corrected chi connectivity index (χ2v) is 21.0. The van der Waals surface area contributed by atoms with E-state index in [1.165, 1.54) is 70.6 Å². The Bertz CT molecular complexity index is 1680. The van der Waals surface area contributed by atoms with E-state index in [-0.39, 0.29) is 19.4 Å². The second-order valence-electron chi connectivity index (χ2n) is 21.0. The van der Waals surface area contributed by atoms with E-state index in [2.05, 4.69) is 123 Å². The van der Waals surface area contributed by atoms with Gasteiger partial charge in [-0.25, -0.2) is 0 Å². The van der Waals surface area contributed by atoms with Gasteiger partial charge in [0.05, 0.1) is 25.4 Å². The van der Waals surface area contributed by atoms with Crippen molar-refractivity contribution in [2.45, 2.75) is 288 Å². The standard InChI is InChI=1S/C67H113NO10/c1-4-7-10-13-16-19-22-25-27-29-31-33-35-37-40-43-46-49-52-55-62(72)78-65-64(74)63(73)61(56-69)77-67(65)76-57-58(59(70)53-50-47-44-41-38-24-21-18-15-12-9-6-3)68-66(75)60(71)54-51-48-45-42-39-36-34-32-30-28-26-23-20-17-14-11-8-5-2/h7,10,16-17,19-20,25-28,31-34,37,40,50,53,58-61,63-65,67,69-71,73-74H,4-6,8-9,11-15,18,21-24,29-30,35-36,38-39,41-49,51-52,54-57H2,1-3H3,(H,68,75)/b10-7-,19-16-,20-17-,27-25-,28-26-,33-31-,34-32-,40-37-,53-50+. The molecule has 0 aromatic heterocycles. The summed E-state index contributed by atoms with van der Waals surface area (Å²) in [5, 5.41) is 57.0. The quantitative estimate of drug-likeness (QED) is 0.0195.